The van der Waals surface area contributed by atoms with E-state index in [9.17, 15) is 35.5 Å². The summed E-state index contributed by atoms with van der Waals surface area (Å²) in [4.78, 5) is 21.4. The summed E-state index contributed by atoms with van der Waals surface area (Å²) in [5, 5.41) is 4.69. The molecule has 0 bridgehead atoms. The number of anilines is 1. The average molecular weight is 581 g/mol. The topological polar surface area (TPSA) is 94.6 Å². The van der Waals surface area contributed by atoms with Gasteiger partial charge in [-0.3, -0.25) is 4.79 Å². The van der Waals surface area contributed by atoms with Crippen LogP contribution in [0.1, 0.15) is 59.8 Å². The van der Waals surface area contributed by atoms with Crippen LogP contribution in [0.5, 0.6) is 0 Å². The molecule has 15 heteroatoms. The van der Waals surface area contributed by atoms with Crippen LogP contribution < -0.4 is 10.6 Å². The molecule has 3 heterocycles. The van der Waals surface area contributed by atoms with Gasteiger partial charge in [-0.05, 0) is 13.3 Å². The summed E-state index contributed by atoms with van der Waals surface area (Å²) in [6.45, 7) is -0.332. The molecule has 0 saturated carbocycles. The highest BCUT2D eigenvalue weighted by molar-refractivity contribution is 5.80. The summed E-state index contributed by atoms with van der Waals surface area (Å²) >= 11 is 0. The van der Waals surface area contributed by atoms with Crippen LogP contribution in [-0.4, -0.2) is 60.7 Å². The maximum Gasteiger partial charge on any atom is 0.413 e. The third-order valence-corrected chi connectivity index (χ3v) is 6.60. The lowest BCUT2D eigenvalue weighted by Gasteiger charge is -2.31. The van der Waals surface area contributed by atoms with Crippen LogP contribution in [0, 0.1) is 12.7 Å². The van der Waals surface area contributed by atoms with Crippen molar-refractivity contribution in [2.75, 3.05) is 38.4 Å². The van der Waals surface area contributed by atoms with E-state index in [0.717, 1.165) is 18.2 Å². The first kappa shape index (κ1) is 29.9. The summed E-state index contributed by atoms with van der Waals surface area (Å²) in [5.41, 5.74) is -3.97. The van der Waals surface area contributed by atoms with E-state index in [2.05, 4.69) is 15.3 Å². The van der Waals surface area contributed by atoms with Crippen LogP contribution in [0.4, 0.5) is 36.6 Å². The van der Waals surface area contributed by atoms with Gasteiger partial charge < -0.3 is 24.8 Å². The van der Waals surface area contributed by atoms with Crippen molar-refractivity contribution in [1.82, 2.24) is 15.3 Å². The predicted octanol–water partition coefficient (Wildman–Crippen LogP) is 4.80. The van der Waals surface area contributed by atoms with E-state index in [1.54, 1.807) is 0 Å². The van der Waals surface area contributed by atoms with E-state index in [1.165, 1.54) is 6.92 Å². The van der Waals surface area contributed by atoms with E-state index in [4.69, 9.17) is 14.2 Å². The molecule has 2 aliphatic rings. The minimum absolute atomic E-state index is 0.00643. The summed E-state index contributed by atoms with van der Waals surface area (Å²) in [6.07, 6.45) is -9.73. The first-order valence-corrected chi connectivity index (χ1v) is 12.4. The van der Waals surface area contributed by atoms with Crippen LogP contribution in [0.3, 0.4) is 0 Å². The van der Waals surface area contributed by atoms with Crippen molar-refractivity contribution in [3.63, 3.8) is 0 Å². The molecule has 2 atom stereocenters. The molecule has 0 aliphatic carbocycles. The number of hydrogen-bond acceptors (Lipinski definition) is 7. The Morgan fingerprint density at radius 2 is 1.85 bits per heavy atom. The number of rotatable bonds is 9. The number of alkyl halides is 6. The molecule has 8 nitrogen and oxygen atoms in total. The van der Waals surface area contributed by atoms with Crippen molar-refractivity contribution in [2.45, 2.75) is 56.7 Å². The third kappa shape index (κ3) is 6.31. The monoisotopic (exact) mass is 580 g/mol. The lowest BCUT2D eigenvalue weighted by atomic mass is 9.97. The molecule has 2 saturated heterocycles. The van der Waals surface area contributed by atoms with Gasteiger partial charge in [-0.1, -0.05) is 18.2 Å². The smallest absolute Gasteiger partial charge is 0.379 e. The predicted molar refractivity (Wildman–Crippen MR) is 126 cm³/mol. The molecule has 4 rings (SSSR count). The molecule has 2 N–H and O–H groups in total. The highest BCUT2D eigenvalue weighted by Gasteiger charge is 2.58. The molecule has 1 unspecified atom stereocenters. The highest BCUT2D eigenvalue weighted by Crippen LogP contribution is 2.38. The largest absolute Gasteiger partial charge is 0.413 e. The lowest BCUT2D eigenvalue weighted by Crippen LogP contribution is -2.59. The van der Waals surface area contributed by atoms with Crippen molar-refractivity contribution in [2.24, 2.45) is 0 Å². The molecule has 2 aromatic rings. The van der Waals surface area contributed by atoms with Crippen molar-refractivity contribution >= 4 is 11.7 Å². The van der Waals surface area contributed by atoms with Crippen LogP contribution in [0.25, 0.3) is 0 Å². The minimum atomic E-state index is -4.78. The molecule has 40 heavy (non-hydrogen) atoms. The molecular formula is C25H27F7N4O4. The molecule has 220 valence electrons. The zero-order valence-corrected chi connectivity index (χ0v) is 21.3. The van der Waals surface area contributed by atoms with Gasteiger partial charge in [-0.25, -0.2) is 27.5 Å². The Balaban J connectivity index is 1.70. The van der Waals surface area contributed by atoms with Gasteiger partial charge in [0.05, 0.1) is 49.1 Å². The molecule has 2 fully saturated rings. The standard InChI is InChI=1S/C25H27F7N4O4/c1-13-33-16(10-18(37)36-24(25(30,31)32)6-9-38-12-24)19(23-39-7-3-8-40-23)22(34-13)35-17(11-26)14-4-2-5-15(20(14)27)21(28)29/h2,4-5,17,21,23H,3,6-12H2,1H3,(H,36,37)(H,33,34,35)/t17-,24?/m1/s1. The molecule has 1 amide bonds. The average Bonchev–Trinajstić information content (AvgIpc) is 3.37. The van der Waals surface area contributed by atoms with Gasteiger partial charge in [0.2, 0.25) is 5.91 Å². The van der Waals surface area contributed by atoms with Crippen molar-refractivity contribution < 1.29 is 49.7 Å². The van der Waals surface area contributed by atoms with Gasteiger partial charge in [0, 0.05) is 18.6 Å². The Hall–Kier alpha value is -3.04. The molecule has 0 radical (unpaired) electrons. The summed E-state index contributed by atoms with van der Waals surface area (Å²) in [6, 6.07) is 1.67. The summed E-state index contributed by atoms with van der Waals surface area (Å²) < 4.78 is 113. The fourth-order valence-electron chi connectivity index (χ4n) is 4.58. The Morgan fingerprint density at radius 1 is 1.15 bits per heavy atom. The molecule has 1 aromatic heterocycles. The number of benzene rings is 1. The minimum Gasteiger partial charge on any atom is -0.379 e. The zero-order valence-electron chi connectivity index (χ0n) is 21.3. The number of amides is 1. The van der Waals surface area contributed by atoms with Gasteiger partial charge >= 0.3 is 6.18 Å². The SMILES string of the molecule is Cc1nc(CC(=O)NC2(C(F)(F)F)CCOC2)c(C2OCCCO2)c(N[C@H](CF)c2cccc(C(F)F)c2F)n1. The Bertz CT molecular complexity index is 1200. The van der Waals surface area contributed by atoms with E-state index in [-0.39, 0.29) is 42.7 Å². The fourth-order valence-corrected chi connectivity index (χ4v) is 4.58. The summed E-state index contributed by atoms with van der Waals surface area (Å²) in [7, 11) is 0. The van der Waals surface area contributed by atoms with Gasteiger partial charge in [0.15, 0.2) is 11.8 Å². The number of aromatic nitrogens is 2. The second-order valence-corrected chi connectivity index (χ2v) is 9.42. The normalized spacial score (nSPS) is 21.0. The van der Waals surface area contributed by atoms with E-state index in [1.807, 2.05) is 5.32 Å². The van der Waals surface area contributed by atoms with Crippen molar-refractivity contribution in [3.05, 3.63) is 52.2 Å². The maximum atomic E-state index is 14.9. The molecule has 2 aliphatic heterocycles. The number of nitrogens with zero attached hydrogens (tertiary/aromatic N) is 2. The molecule has 0 spiro atoms. The number of aryl methyl sites for hydroxylation is 1. The summed E-state index contributed by atoms with van der Waals surface area (Å²) in [5.74, 6) is -2.44. The Morgan fingerprint density at radius 3 is 2.45 bits per heavy atom. The van der Waals surface area contributed by atoms with Crippen LogP contribution >= 0.6 is 0 Å². The number of halogens is 7. The first-order valence-electron chi connectivity index (χ1n) is 12.4. The highest BCUT2D eigenvalue weighted by atomic mass is 19.4. The van der Waals surface area contributed by atoms with E-state index in [0.29, 0.717) is 6.42 Å². The van der Waals surface area contributed by atoms with Gasteiger partial charge in [0.25, 0.3) is 6.43 Å². The van der Waals surface area contributed by atoms with Crippen molar-refractivity contribution in [3.8, 4) is 0 Å². The van der Waals surface area contributed by atoms with Crippen molar-refractivity contribution in [1.29, 1.82) is 0 Å². The number of carbonyl (C=O) groups excluding carboxylic acids is 1. The number of nitrogens with one attached hydrogen (secondary N) is 2. The van der Waals surface area contributed by atoms with Crippen LogP contribution in [-0.2, 0) is 25.4 Å². The second-order valence-electron chi connectivity index (χ2n) is 9.42. The third-order valence-electron chi connectivity index (χ3n) is 6.60. The lowest BCUT2D eigenvalue weighted by molar-refractivity contribution is -0.197. The van der Waals surface area contributed by atoms with E-state index >= 15 is 0 Å². The van der Waals surface area contributed by atoms with Gasteiger partial charge in [0.1, 0.15) is 24.1 Å². The van der Waals surface area contributed by atoms with Crippen LogP contribution in [0.15, 0.2) is 18.2 Å². The van der Waals surface area contributed by atoms with Crippen LogP contribution in [0.2, 0.25) is 0 Å². The van der Waals surface area contributed by atoms with E-state index < -0.39 is 79.4 Å². The second kappa shape index (κ2) is 12.2. The quantitative estimate of drug-likeness (QED) is 0.412. The zero-order chi connectivity index (χ0) is 29.1. The fraction of sp³-hybridized carbons (Fsp3) is 0.560. The molecular weight excluding hydrogens is 553 g/mol. The first-order chi connectivity index (χ1) is 19.0. The Kier molecular flexibility index (Phi) is 9.15. The Labute approximate surface area is 224 Å². The number of hydrogen-bond donors (Lipinski definition) is 2. The van der Waals surface area contributed by atoms with Gasteiger partial charge in [-0.15, -0.1) is 0 Å². The molecule has 1 aromatic carbocycles. The maximum absolute atomic E-state index is 14.9. The number of carbonyl (C=O) groups is 1. The number of ether oxygens (including phenoxy) is 3. The van der Waals surface area contributed by atoms with Gasteiger partial charge in [-0.2, -0.15) is 13.2 Å².